The first-order valence-electron chi connectivity index (χ1n) is 4.18. The number of ketones is 1. The van der Waals surface area contributed by atoms with E-state index < -0.39 is 0 Å². The van der Waals surface area contributed by atoms with Gasteiger partial charge in [0.05, 0.1) is 9.90 Å². The SMILES string of the molecule is CCC(CN)C(=O)c1sccc1Cl. The maximum Gasteiger partial charge on any atom is 0.178 e. The molecule has 2 nitrogen and oxygen atoms in total. The van der Waals surface area contributed by atoms with Gasteiger partial charge in [0.2, 0.25) is 0 Å². The van der Waals surface area contributed by atoms with Gasteiger partial charge in [0, 0.05) is 12.5 Å². The molecular weight excluding hydrogens is 206 g/mol. The lowest BCUT2D eigenvalue weighted by atomic mass is 10.0. The van der Waals surface area contributed by atoms with E-state index >= 15 is 0 Å². The average Bonchev–Trinajstić information content (AvgIpc) is 2.53. The molecule has 13 heavy (non-hydrogen) atoms. The van der Waals surface area contributed by atoms with Crippen LogP contribution < -0.4 is 5.73 Å². The molecule has 0 amide bonds. The van der Waals surface area contributed by atoms with Gasteiger partial charge in [-0.25, -0.2) is 0 Å². The van der Waals surface area contributed by atoms with Crippen molar-refractivity contribution in [1.29, 1.82) is 0 Å². The Morgan fingerprint density at radius 2 is 2.46 bits per heavy atom. The minimum atomic E-state index is -0.0869. The highest BCUT2D eigenvalue weighted by atomic mass is 35.5. The topological polar surface area (TPSA) is 43.1 Å². The van der Waals surface area contributed by atoms with Gasteiger partial charge in [-0.2, -0.15) is 0 Å². The molecule has 1 unspecified atom stereocenters. The summed E-state index contributed by atoms with van der Waals surface area (Å²) in [6.45, 7) is 2.35. The molecule has 1 rings (SSSR count). The summed E-state index contributed by atoms with van der Waals surface area (Å²) in [5, 5.41) is 2.36. The lowest BCUT2D eigenvalue weighted by molar-refractivity contribution is 0.0925. The van der Waals surface area contributed by atoms with Crippen molar-refractivity contribution in [1.82, 2.24) is 0 Å². The van der Waals surface area contributed by atoms with Crippen LogP contribution in [-0.4, -0.2) is 12.3 Å². The van der Waals surface area contributed by atoms with Crippen molar-refractivity contribution >= 4 is 28.7 Å². The number of hydrogen-bond acceptors (Lipinski definition) is 3. The van der Waals surface area contributed by atoms with E-state index in [0.29, 0.717) is 16.4 Å². The Labute approximate surface area is 86.7 Å². The van der Waals surface area contributed by atoms with E-state index in [-0.39, 0.29) is 11.7 Å². The summed E-state index contributed by atoms with van der Waals surface area (Å²) in [7, 11) is 0. The predicted octanol–water partition coefficient (Wildman–Crippen LogP) is 2.57. The fourth-order valence-corrected chi connectivity index (χ4v) is 2.28. The molecule has 1 aromatic heterocycles. The van der Waals surface area contributed by atoms with Gasteiger partial charge >= 0.3 is 0 Å². The molecule has 0 fully saturated rings. The van der Waals surface area contributed by atoms with Crippen molar-refractivity contribution in [2.75, 3.05) is 6.54 Å². The van der Waals surface area contributed by atoms with Gasteiger partial charge in [-0.1, -0.05) is 18.5 Å². The molecule has 0 bridgehead atoms. The van der Waals surface area contributed by atoms with E-state index in [1.807, 2.05) is 12.3 Å². The molecule has 0 saturated heterocycles. The third-order valence-electron chi connectivity index (χ3n) is 1.99. The van der Waals surface area contributed by atoms with E-state index in [4.69, 9.17) is 17.3 Å². The monoisotopic (exact) mass is 217 g/mol. The van der Waals surface area contributed by atoms with Gasteiger partial charge in [0.25, 0.3) is 0 Å². The zero-order chi connectivity index (χ0) is 9.84. The van der Waals surface area contributed by atoms with Crippen molar-refractivity contribution in [2.45, 2.75) is 13.3 Å². The maximum atomic E-state index is 11.7. The molecule has 0 aliphatic carbocycles. The third-order valence-corrected chi connectivity index (χ3v) is 3.35. The molecular formula is C9H12ClNOS. The normalized spacial score (nSPS) is 12.8. The summed E-state index contributed by atoms with van der Waals surface area (Å²) in [5.41, 5.74) is 5.48. The van der Waals surface area contributed by atoms with E-state index in [0.717, 1.165) is 6.42 Å². The smallest absolute Gasteiger partial charge is 0.178 e. The quantitative estimate of drug-likeness (QED) is 0.788. The molecule has 0 spiro atoms. The largest absolute Gasteiger partial charge is 0.330 e. The molecule has 1 aromatic rings. The van der Waals surface area contributed by atoms with Gasteiger partial charge in [0.1, 0.15) is 0 Å². The van der Waals surface area contributed by atoms with Crippen LogP contribution in [0.4, 0.5) is 0 Å². The minimum Gasteiger partial charge on any atom is -0.330 e. The first-order valence-corrected chi connectivity index (χ1v) is 5.43. The standard InChI is InChI=1S/C9H12ClNOS/c1-2-6(5-11)8(12)9-7(10)3-4-13-9/h3-4,6H,2,5,11H2,1H3. The first-order chi connectivity index (χ1) is 6.20. The summed E-state index contributed by atoms with van der Waals surface area (Å²) < 4.78 is 0. The van der Waals surface area contributed by atoms with E-state index in [1.165, 1.54) is 11.3 Å². The Morgan fingerprint density at radius 3 is 2.85 bits per heavy atom. The second-order valence-electron chi connectivity index (χ2n) is 2.80. The third kappa shape index (κ3) is 2.30. The van der Waals surface area contributed by atoms with E-state index in [1.54, 1.807) is 6.07 Å². The molecule has 2 N–H and O–H groups in total. The summed E-state index contributed by atoms with van der Waals surface area (Å²) in [6, 6.07) is 1.74. The van der Waals surface area contributed by atoms with Crippen molar-refractivity contribution in [3.8, 4) is 0 Å². The Balaban J connectivity index is 2.84. The predicted molar refractivity (Wildman–Crippen MR) is 56.5 cm³/mol. The number of nitrogens with two attached hydrogens (primary N) is 1. The second kappa shape index (κ2) is 4.74. The molecule has 0 saturated carbocycles. The van der Waals surface area contributed by atoms with Crippen molar-refractivity contribution in [3.05, 3.63) is 21.3 Å². The lowest BCUT2D eigenvalue weighted by Gasteiger charge is -2.08. The average molecular weight is 218 g/mol. The number of carbonyl (C=O) groups excluding carboxylic acids is 1. The van der Waals surface area contributed by atoms with Gasteiger partial charge in [-0.3, -0.25) is 4.79 Å². The number of carbonyl (C=O) groups is 1. The molecule has 0 aliphatic heterocycles. The molecule has 1 heterocycles. The first kappa shape index (κ1) is 10.7. The van der Waals surface area contributed by atoms with Gasteiger partial charge in [-0.15, -0.1) is 11.3 Å². The fraction of sp³-hybridized carbons (Fsp3) is 0.444. The number of rotatable bonds is 4. The summed E-state index contributed by atoms with van der Waals surface area (Å²) in [6.07, 6.45) is 0.767. The maximum absolute atomic E-state index is 11.7. The summed E-state index contributed by atoms with van der Waals surface area (Å²) in [4.78, 5) is 12.4. The molecule has 0 radical (unpaired) electrons. The van der Waals surface area contributed by atoms with Crippen LogP contribution in [0.5, 0.6) is 0 Å². The van der Waals surface area contributed by atoms with Crippen LogP contribution in [0, 0.1) is 5.92 Å². The highest BCUT2D eigenvalue weighted by molar-refractivity contribution is 7.12. The van der Waals surface area contributed by atoms with Crippen LogP contribution in [0.3, 0.4) is 0 Å². The number of halogens is 1. The molecule has 4 heteroatoms. The van der Waals surface area contributed by atoms with Crippen molar-refractivity contribution in [2.24, 2.45) is 11.7 Å². The van der Waals surface area contributed by atoms with Crippen molar-refractivity contribution < 1.29 is 4.79 Å². The molecule has 72 valence electrons. The van der Waals surface area contributed by atoms with Crippen LogP contribution in [0.2, 0.25) is 5.02 Å². The summed E-state index contributed by atoms with van der Waals surface area (Å²) in [5.74, 6) is -0.0128. The molecule has 1 atom stereocenters. The highest BCUT2D eigenvalue weighted by Crippen LogP contribution is 2.25. The zero-order valence-electron chi connectivity index (χ0n) is 7.42. The Bertz CT molecular complexity index is 294. The minimum absolute atomic E-state index is 0.0741. The molecule has 0 aliphatic rings. The van der Waals surface area contributed by atoms with Gasteiger partial charge < -0.3 is 5.73 Å². The zero-order valence-corrected chi connectivity index (χ0v) is 8.99. The fourth-order valence-electron chi connectivity index (χ4n) is 1.11. The highest BCUT2D eigenvalue weighted by Gasteiger charge is 2.19. The van der Waals surface area contributed by atoms with Gasteiger partial charge in [0.15, 0.2) is 5.78 Å². The number of Topliss-reactive ketones (excluding diaryl/α,β-unsaturated/α-hetero) is 1. The lowest BCUT2D eigenvalue weighted by Crippen LogP contribution is -2.22. The number of thiophene rings is 1. The molecule has 0 aromatic carbocycles. The van der Waals surface area contributed by atoms with Crippen LogP contribution in [-0.2, 0) is 0 Å². The second-order valence-corrected chi connectivity index (χ2v) is 4.13. The van der Waals surface area contributed by atoms with E-state index in [9.17, 15) is 4.79 Å². The number of hydrogen-bond donors (Lipinski definition) is 1. The van der Waals surface area contributed by atoms with Crippen LogP contribution in [0.15, 0.2) is 11.4 Å². The van der Waals surface area contributed by atoms with E-state index in [2.05, 4.69) is 0 Å². The Hall–Kier alpha value is -0.380. The van der Waals surface area contributed by atoms with Crippen LogP contribution >= 0.6 is 22.9 Å². The summed E-state index contributed by atoms with van der Waals surface area (Å²) >= 11 is 7.22. The van der Waals surface area contributed by atoms with Crippen molar-refractivity contribution in [3.63, 3.8) is 0 Å². The van der Waals surface area contributed by atoms with Gasteiger partial charge in [-0.05, 0) is 17.9 Å². The van der Waals surface area contributed by atoms with Crippen LogP contribution in [0.1, 0.15) is 23.0 Å². The van der Waals surface area contributed by atoms with Crippen LogP contribution in [0.25, 0.3) is 0 Å². The Kier molecular flexibility index (Phi) is 3.90. The Morgan fingerprint density at radius 1 is 1.77 bits per heavy atom.